The van der Waals surface area contributed by atoms with E-state index in [-0.39, 0.29) is 29.8 Å². The standard InChI is InChI=1S/C21H19ClN4O4S/c1-15-17(22)8-5-9-18(15)31(27,28)25-20-21(26-11-10-23-19(26)14-24-20)30-13-12-29-16-6-3-2-4-7-16/h2-11,14,25H,12-13H2,1H3. The molecule has 160 valence electrons. The molecule has 0 atom stereocenters. The van der Waals surface area contributed by atoms with Crippen molar-refractivity contribution in [2.45, 2.75) is 11.8 Å². The first-order valence-corrected chi connectivity index (χ1v) is 11.2. The third-order valence-corrected chi connectivity index (χ3v) is 6.37. The number of ether oxygens (including phenoxy) is 2. The van der Waals surface area contributed by atoms with Crippen LogP contribution in [0.1, 0.15) is 5.56 Å². The van der Waals surface area contributed by atoms with Crippen LogP contribution < -0.4 is 14.2 Å². The monoisotopic (exact) mass is 458 g/mol. The lowest BCUT2D eigenvalue weighted by atomic mass is 10.2. The van der Waals surface area contributed by atoms with E-state index in [1.807, 2.05) is 30.3 Å². The van der Waals surface area contributed by atoms with Crippen LogP contribution in [0.15, 0.2) is 72.0 Å². The third-order valence-electron chi connectivity index (χ3n) is 4.47. The lowest BCUT2D eigenvalue weighted by Gasteiger charge is -2.15. The van der Waals surface area contributed by atoms with Crippen molar-refractivity contribution in [2.24, 2.45) is 0 Å². The lowest BCUT2D eigenvalue weighted by Crippen LogP contribution is -2.18. The quantitative estimate of drug-likeness (QED) is 0.402. The molecule has 0 aliphatic heterocycles. The molecule has 2 aromatic carbocycles. The minimum Gasteiger partial charge on any atom is -0.490 e. The fourth-order valence-electron chi connectivity index (χ4n) is 2.96. The highest BCUT2D eigenvalue weighted by atomic mass is 35.5. The van der Waals surface area contributed by atoms with Crippen molar-refractivity contribution in [3.05, 3.63) is 77.7 Å². The average Bonchev–Trinajstić information content (AvgIpc) is 3.23. The van der Waals surface area contributed by atoms with Gasteiger partial charge in [-0.05, 0) is 36.8 Å². The van der Waals surface area contributed by atoms with Gasteiger partial charge in [-0.3, -0.25) is 9.12 Å². The molecule has 0 saturated heterocycles. The molecule has 0 amide bonds. The summed E-state index contributed by atoms with van der Waals surface area (Å²) in [5.74, 6) is 0.946. The Hall–Kier alpha value is -3.30. The van der Waals surface area contributed by atoms with Crippen LogP contribution in [0.25, 0.3) is 5.65 Å². The summed E-state index contributed by atoms with van der Waals surface area (Å²) in [6.45, 7) is 2.06. The van der Waals surface area contributed by atoms with Crippen molar-refractivity contribution < 1.29 is 17.9 Å². The van der Waals surface area contributed by atoms with Crippen molar-refractivity contribution >= 4 is 33.1 Å². The van der Waals surface area contributed by atoms with Crippen LogP contribution >= 0.6 is 11.6 Å². The molecule has 0 spiro atoms. The van der Waals surface area contributed by atoms with Crippen LogP contribution in [0.2, 0.25) is 5.02 Å². The maximum absolute atomic E-state index is 13.0. The Labute approximate surface area is 184 Å². The molecular formula is C21H19ClN4O4S. The van der Waals surface area contributed by atoms with Crippen LogP contribution in [-0.4, -0.2) is 36.0 Å². The molecule has 0 aliphatic carbocycles. The second-order valence-electron chi connectivity index (χ2n) is 6.55. The highest BCUT2D eigenvalue weighted by Gasteiger charge is 2.22. The van der Waals surface area contributed by atoms with Crippen LogP contribution in [0, 0.1) is 6.92 Å². The van der Waals surface area contributed by atoms with Gasteiger partial charge >= 0.3 is 0 Å². The molecule has 1 N–H and O–H groups in total. The Morgan fingerprint density at radius 3 is 2.61 bits per heavy atom. The first-order chi connectivity index (χ1) is 15.0. The molecular weight excluding hydrogens is 440 g/mol. The summed E-state index contributed by atoms with van der Waals surface area (Å²) in [4.78, 5) is 8.44. The molecule has 31 heavy (non-hydrogen) atoms. The zero-order valence-electron chi connectivity index (χ0n) is 16.5. The highest BCUT2D eigenvalue weighted by Crippen LogP contribution is 2.28. The summed E-state index contributed by atoms with van der Waals surface area (Å²) in [5.41, 5.74) is 0.958. The number of benzene rings is 2. The summed E-state index contributed by atoms with van der Waals surface area (Å²) < 4.78 is 41.6. The zero-order chi connectivity index (χ0) is 21.8. The minimum absolute atomic E-state index is 0.0320. The Balaban J connectivity index is 1.58. The van der Waals surface area contributed by atoms with Gasteiger partial charge in [0.15, 0.2) is 5.65 Å². The fourth-order valence-corrected chi connectivity index (χ4v) is 4.46. The van der Waals surface area contributed by atoms with E-state index in [1.54, 1.807) is 35.9 Å². The largest absolute Gasteiger partial charge is 0.490 e. The third kappa shape index (κ3) is 4.57. The Kier molecular flexibility index (Phi) is 5.97. The van der Waals surface area contributed by atoms with Gasteiger partial charge in [0.05, 0.1) is 11.1 Å². The molecule has 2 aromatic heterocycles. The predicted molar refractivity (Wildman–Crippen MR) is 117 cm³/mol. The van der Waals surface area contributed by atoms with Crippen molar-refractivity contribution in [2.75, 3.05) is 17.9 Å². The molecule has 0 aliphatic rings. The van der Waals surface area contributed by atoms with E-state index in [0.29, 0.717) is 22.0 Å². The summed E-state index contributed by atoms with van der Waals surface area (Å²) in [6, 6.07) is 14.0. The maximum atomic E-state index is 13.0. The van der Waals surface area contributed by atoms with Gasteiger partial charge in [0.2, 0.25) is 11.7 Å². The number of aromatic nitrogens is 3. The SMILES string of the molecule is Cc1c(Cl)cccc1S(=O)(=O)Nc1ncc2nccn2c1OCCOc1ccccc1. The van der Waals surface area contributed by atoms with Crippen LogP contribution in [0.5, 0.6) is 11.6 Å². The van der Waals surface area contributed by atoms with E-state index in [4.69, 9.17) is 21.1 Å². The van der Waals surface area contributed by atoms with Gasteiger partial charge in [-0.25, -0.2) is 18.4 Å². The molecule has 4 aromatic rings. The van der Waals surface area contributed by atoms with Crippen molar-refractivity contribution in [1.29, 1.82) is 0 Å². The number of hydrogen-bond acceptors (Lipinski definition) is 6. The number of para-hydroxylation sites is 1. The second kappa shape index (κ2) is 8.83. The molecule has 8 nitrogen and oxygen atoms in total. The van der Waals surface area contributed by atoms with Gasteiger partial charge in [-0.15, -0.1) is 0 Å². The number of sulfonamides is 1. The van der Waals surface area contributed by atoms with E-state index >= 15 is 0 Å². The van der Waals surface area contributed by atoms with E-state index in [0.717, 1.165) is 0 Å². The Morgan fingerprint density at radius 1 is 1.03 bits per heavy atom. The molecule has 0 fully saturated rings. The summed E-state index contributed by atoms with van der Waals surface area (Å²) in [6.07, 6.45) is 4.69. The highest BCUT2D eigenvalue weighted by molar-refractivity contribution is 7.92. The van der Waals surface area contributed by atoms with Crippen molar-refractivity contribution in [3.8, 4) is 11.6 Å². The number of nitrogens with one attached hydrogen (secondary N) is 1. The van der Waals surface area contributed by atoms with E-state index in [1.165, 1.54) is 12.3 Å². The number of halogens is 1. The number of rotatable bonds is 8. The predicted octanol–water partition coefficient (Wildman–Crippen LogP) is 3.95. The average molecular weight is 459 g/mol. The lowest BCUT2D eigenvalue weighted by molar-refractivity contribution is 0.211. The number of nitrogens with zero attached hydrogens (tertiary/aromatic N) is 3. The zero-order valence-corrected chi connectivity index (χ0v) is 18.1. The van der Waals surface area contributed by atoms with E-state index < -0.39 is 10.0 Å². The first kappa shape index (κ1) is 21.0. The topological polar surface area (TPSA) is 94.8 Å². The van der Waals surface area contributed by atoms with Gasteiger partial charge in [-0.2, -0.15) is 0 Å². The molecule has 0 saturated carbocycles. The maximum Gasteiger partial charge on any atom is 0.263 e. The van der Waals surface area contributed by atoms with Crippen molar-refractivity contribution in [3.63, 3.8) is 0 Å². The molecule has 0 unspecified atom stereocenters. The minimum atomic E-state index is -3.96. The van der Waals surface area contributed by atoms with Crippen LogP contribution in [0.3, 0.4) is 0 Å². The van der Waals surface area contributed by atoms with Crippen LogP contribution in [0.4, 0.5) is 5.82 Å². The summed E-state index contributed by atoms with van der Waals surface area (Å²) >= 11 is 6.09. The van der Waals surface area contributed by atoms with Crippen LogP contribution in [-0.2, 0) is 10.0 Å². The van der Waals surface area contributed by atoms with Gasteiger partial charge in [-0.1, -0.05) is 35.9 Å². The Morgan fingerprint density at radius 2 is 1.81 bits per heavy atom. The van der Waals surface area contributed by atoms with Crippen molar-refractivity contribution in [1.82, 2.24) is 14.4 Å². The normalized spacial score (nSPS) is 11.4. The number of anilines is 1. The molecule has 10 heteroatoms. The van der Waals surface area contributed by atoms with Gasteiger partial charge in [0.1, 0.15) is 19.0 Å². The fraction of sp³-hybridized carbons (Fsp3) is 0.143. The smallest absolute Gasteiger partial charge is 0.263 e. The second-order valence-corrected chi connectivity index (χ2v) is 8.60. The molecule has 0 radical (unpaired) electrons. The van der Waals surface area contributed by atoms with E-state index in [9.17, 15) is 8.42 Å². The van der Waals surface area contributed by atoms with E-state index in [2.05, 4.69) is 14.7 Å². The number of hydrogen-bond donors (Lipinski definition) is 1. The molecule has 0 bridgehead atoms. The van der Waals surface area contributed by atoms with Gasteiger partial charge in [0, 0.05) is 17.4 Å². The summed E-state index contributed by atoms with van der Waals surface area (Å²) in [7, 11) is -3.96. The number of imidazole rings is 1. The van der Waals surface area contributed by atoms with Gasteiger partial charge in [0.25, 0.3) is 10.0 Å². The Bertz CT molecular complexity index is 1310. The number of fused-ring (bicyclic) bond motifs is 1. The summed E-state index contributed by atoms with van der Waals surface area (Å²) in [5, 5.41) is 0.357. The first-order valence-electron chi connectivity index (χ1n) is 9.36. The van der Waals surface area contributed by atoms with Gasteiger partial charge < -0.3 is 9.47 Å². The molecule has 2 heterocycles. The molecule has 4 rings (SSSR count).